The molecule has 0 bridgehead atoms. The van der Waals surface area contributed by atoms with E-state index in [9.17, 15) is 9.59 Å². The number of carbonyl (C=O) groups is 1. The minimum absolute atomic E-state index is 0.0376. The Bertz CT molecular complexity index is 782. The Hall–Kier alpha value is -2.01. The van der Waals surface area contributed by atoms with Crippen molar-refractivity contribution in [2.24, 2.45) is 0 Å². The number of aryl methyl sites for hydroxylation is 2. The third-order valence-corrected chi connectivity index (χ3v) is 4.93. The van der Waals surface area contributed by atoms with Crippen LogP contribution in [0.5, 0.6) is 0 Å². The molecule has 1 aliphatic heterocycles. The molecular weight excluding hydrogens is 296 g/mol. The maximum Gasteiger partial charge on any atom is 0.257 e. The van der Waals surface area contributed by atoms with Crippen molar-refractivity contribution in [3.63, 3.8) is 0 Å². The van der Waals surface area contributed by atoms with Crippen LogP contribution < -0.4 is 10.7 Å². The first-order valence-electron chi connectivity index (χ1n) is 7.28. The summed E-state index contributed by atoms with van der Waals surface area (Å²) < 4.78 is 0. The number of aromatic amines is 1. The quantitative estimate of drug-likeness (QED) is 0.896. The molecule has 1 aliphatic rings. The zero-order valence-corrected chi connectivity index (χ0v) is 13.4. The Morgan fingerprint density at radius 2 is 2.14 bits per heavy atom. The van der Waals surface area contributed by atoms with Crippen molar-refractivity contribution >= 4 is 17.7 Å². The SMILES string of the molecule is Cc1ccc2c(c1)C(NC(=O)c1c[nH]c(C)cc1=O)CCS2. The number of thioether (sulfide) groups is 1. The molecule has 1 aromatic heterocycles. The van der Waals surface area contributed by atoms with Crippen molar-refractivity contribution < 1.29 is 4.79 Å². The smallest absolute Gasteiger partial charge is 0.257 e. The lowest BCUT2D eigenvalue weighted by atomic mass is 10.0. The van der Waals surface area contributed by atoms with Gasteiger partial charge in [-0.1, -0.05) is 17.7 Å². The number of pyridine rings is 1. The summed E-state index contributed by atoms with van der Waals surface area (Å²) in [5.74, 6) is 0.649. The van der Waals surface area contributed by atoms with Gasteiger partial charge in [-0.05, 0) is 31.9 Å². The topological polar surface area (TPSA) is 62.0 Å². The number of rotatable bonds is 2. The fourth-order valence-electron chi connectivity index (χ4n) is 2.65. The predicted octanol–water partition coefficient (Wildman–Crippen LogP) is 2.96. The molecular formula is C17H18N2O2S. The van der Waals surface area contributed by atoms with Crippen molar-refractivity contribution in [2.45, 2.75) is 31.2 Å². The summed E-state index contributed by atoms with van der Waals surface area (Å²) in [6.07, 6.45) is 2.36. The monoisotopic (exact) mass is 314 g/mol. The Kier molecular flexibility index (Phi) is 4.07. The molecule has 1 amide bonds. The molecule has 2 aromatic rings. The van der Waals surface area contributed by atoms with E-state index >= 15 is 0 Å². The summed E-state index contributed by atoms with van der Waals surface area (Å²) in [6.45, 7) is 3.84. The summed E-state index contributed by atoms with van der Waals surface area (Å²) in [4.78, 5) is 28.5. The van der Waals surface area contributed by atoms with Gasteiger partial charge in [-0.3, -0.25) is 9.59 Å². The third-order valence-electron chi connectivity index (χ3n) is 3.81. The van der Waals surface area contributed by atoms with E-state index in [0.717, 1.165) is 23.4 Å². The van der Waals surface area contributed by atoms with E-state index in [2.05, 4.69) is 28.5 Å². The Morgan fingerprint density at radius 1 is 1.32 bits per heavy atom. The molecule has 114 valence electrons. The number of carbonyl (C=O) groups excluding carboxylic acids is 1. The maximum atomic E-state index is 12.4. The molecule has 1 aromatic carbocycles. The van der Waals surface area contributed by atoms with Crippen LogP contribution in [0.3, 0.4) is 0 Å². The molecule has 0 aliphatic carbocycles. The van der Waals surface area contributed by atoms with Gasteiger partial charge in [-0.15, -0.1) is 11.8 Å². The second-order valence-electron chi connectivity index (χ2n) is 5.60. The van der Waals surface area contributed by atoms with Crippen LogP contribution in [-0.4, -0.2) is 16.6 Å². The first-order chi connectivity index (χ1) is 10.5. The van der Waals surface area contributed by atoms with Crippen LogP contribution in [0.4, 0.5) is 0 Å². The van der Waals surface area contributed by atoms with Crippen LogP contribution in [0, 0.1) is 13.8 Å². The maximum absolute atomic E-state index is 12.4. The van der Waals surface area contributed by atoms with Crippen LogP contribution in [0.25, 0.3) is 0 Å². The summed E-state index contributed by atoms with van der Waals surface area (Å²) >= 11 is 1.81. The van der Waals surface area contributed by atoms with E-state index in [1.165, 1.54) is 22.7 Å². The first-order valence-corrected chi connectivity index (χ1v) is 8.26. The lowest BCUT2D eigenvalue weighted by Gasteiger charge is -2.26. The van der Waals surface area contributed by atoms with Crippen LogP contribution in [0.1, 0.15) is 39.6 Å². The molecule has 0 saturated heterocycles. The summed E-state index contributed by atoms with van der Waals surface area (Å²) in [5.41, 5.74) is 2.99. The molecule has 1 unspecified atom stereocenters. The number of benzene rings is 1. The van der Waals surface area contributed by atoms with E-state index in [1.54, 1.807) is 6.92 Å². The van der Waals surface area contributed by atoms with Crippen molar-refractivity contribution in [2.75, 3.05) is 5.75 Å². The second-order valence-corrected chi connectivity index (χ2v) is 6.74. The number of hydrogen-bond acceptors (Lipinski definition) is 3. The summed E-state index contributed by atoms with van der Waals surface area (Å²) in [7, 11) is 0. The standard InChI is InChI=1S/C17H18N2O2S/c1-10-3-4-16-12(7-10)14(5-6-22-16)19-17(21)13-9-18-11(2)8-15(13)20/h3-4,7-9,14H,5-6H2,1-2H3,(H,18,20)(H,19,21). The van der Waals surface area contributed by atoms with Gasteiger partial charge < -0.3 is 10.3 Å². The van der Waals surface area contributed by atoms with Gasteiger partial charge in [-0.25, -0.2) is 0 Å². The van der Waals surface area contributed by atoms with Gasteiger partial charge in [0.2, 0.25) is 0 Å². The lowest BCUT2D eigenvalue weighted by Crippen LogP contribution is -2.33. The van der Waals surface area contributed by atoms with Crippen LogP contribution in [-0.2, 0) is 0 Å². The number of amides is 1. The highest BCUT2D eigenvalue weighted by Crippen LogP contribution is 2.36. The molecule has 0 saturated carbocycles. The molecule has 2 heterocycles. The zero-order valence-electron chi connectivity index (χ0n) is 12.6. The van der Waals surface area contributed by atoms with Gasteiger partial charge in [0, 0.05) is 28.6 Å². The van der Waals surface area contributed by atoms with Gasteiger partial charge in [0.25, 0.3) is 5.91 Å². The minimum atomic E-state index is -0.314. The number of fused-ring (bicyclic) bond motifs is 1. The Morgan fingerprint density at radius 3 is 2.91 bits per heavy atom. The molecule has 0 fully saturated rings. The first kappa shape index (κ1) is 14.9. The van der Waals surface area contributed by atoms with Crippen LogP contribution in [0.15, 0.2) is 40.2 Å². The van der Waals surface area contributed by atoms with E-state index in [1.807, 2.05) is 18.7 Å². The van der Waals surface area contributed by atoms with E-state index < -0.39 is 0 Å². The summed E-state index contributed by atoms with van der Waals surface area (Å²) in [5, 5.41) is 3.01. The Balaban J connectivity index is 1.87. The number of H-pyrrole nitrogens is 1. The Labute approximate surface area is 133 Å². The highest BCUT2D eigenvalue weighted by atomic mass is 32.2. The third kappa shape index (κ3) is 2.95. The summed E-state index contributed by atoms with van der Waals surface area (Å²) in [6, 6.07) is 7.71. The fourth-order valence-corrected chi connectivity index (χ4v) is 3.76. The van der Waals surface area contributed by atoms with E-state index in [0.29, 0.717) is 0 Å². The van der Waals surface area contributed by atoms with Crippen molar-refractivity contribution in [3.05, 3.63) is 63.1 Å². The molecule has 4 nitrogen and oxygen atoms in total. The number of hydrogen-bond donors (Lipinski definition) is 2. The molecule has 3 rings (SSSR count). The number of nitrogens with one attached hydrogen (secondary N) is 2. The fraction of sp³-hybridized carbons (Fsp3) is 0.294. The minimum Gasteiger partial charge on any atom is -0.364 e. The zero-order chi connectivity index (χ0) is 15.7. The van der Waals surface area contributed by atoms with Crippen molar-refractivity contribution in [1.82, 2.24) is 10.3 Å². The van der Waals surface area contributed by atoms with Gasteiger partial charge in [-0.2, -0.15) is 0 Å². The van der Waals surface area contributed by atoms with E-state index in [-0.39, 0.29) is 22.9 Å². The average molecular weight is 314 g/mol. The molecule has 0 radical (unpaired) electrons. The number of aromatic nitrogens is 1. The normalized spacial score (nSPS) is 16.9. The van der Waals surface area contributed by atoms with Gasteiger partial charge in [0.1, 0.15) is 5.56 Å². The van der Waals surface area contributed by atoms with Gasteiger partial charge in [0.05, 0.1) is 6.04 Å². The predicted molar refractivity (Wildman–Crippen MR) is 88.5 cm³/mol. The van der Waals surface area contributed by atoms with Crippen LogP contribution in [0.2, 0.25) is 0 Å². The molecule has 2 N–H and O–H groups in total. The van der Waals surface area contributed by atoms with Gasteiger partial charge >= 0.3 is 0 Å². The molecule has 1 atom stereocenters. The van der Waals surface area contributed by atoms with Gasteiger partial charge in [0.15, 0.2) is 5.43 Å². The van der Waals surface area contributed by atoms with Crippen molar-refractivity contribution in [1.29, 1.82) is 0 Å². The second kappa shape index (κ2) is 6.01. The highest BCUT2D eigenvalue weighted by Gasteiger charge is 2.23. The van der Waals surface area contributed by atoms with E-state index in [4.69, 9.17) is 0 Å². The lowest BCUT2D eigenvalue weighted by molar-refractivity contribution is 0.0933. The molecule has 0 spiro atoms. The van der Waals surface area contributed by atoms with Crippen molar-refractivity contribution in [3.8, 4) is 0 Å². The largest absolute Gasteiger partial charge is 0.364 e. The molecule has 5 heteroatoms. The molecule has 22 heavy (non-hydrogen) atoms. The highest BCUT2D eigenvalue weighted by molar-refractivity contribution is 7.99. The van der Waals surface area contributed by atoms with Crippen LogP contribution >= 0.6 is 11.8 Å². The average Bonchev–Trinajstić information content (AvgIpc) is 2.47.